The van der Waals surface area contributed by atoms with Gasteiger partial charge in [0.2, 0.25) is 5.91 Å². The molecule has 2 rings (SSSR count). The zero-order valence-electron chi connectivity index (χ0n) is 11.8. The number of amides is 1. The zero-order chi connectivity index (χ0) is 13.8. The van der Waals surface area contributed by atoms with Crippen molar-refractivity contribution in [3.8, 4) is 0 Å². The van der Waals surface area contributed by atoms with Gasteiger partial charge >= 0.3 is 0 Å². The first-order valence-corrected chi connectivity index (χ1v) is 6.64. The Morgan fingerprint density at radius 3 is 2.74 bits per heavy atom. The Balaban J connectivity index is 2.05. The maximum atomic E-state index is 12.4. The summed E-state index contributed by atoms with van der Waals surface area (Å²) in [6.07, 6.45) is 3.53. The van der Waals surface area contributed by atoms with Crippen LogP contribution < -0.4 is 5.32 Å². The molecule has 2 heterocycles. The van der Waals surface area contributed by atoms with Crippen molar-refractivity contribution in [2.75, 3.05) is 27.2 Å². The molecule has 0 bridgehead atoms. The summed E-state index contributed by atoms with van der Waals surface area (Å²) in [6, 6.07) is 4.13. The van der Waals surface area contributed by atoms with E-state index in [2.05, 4.69) is 17.2 Å². The second kappa shape index (κ2) is 6.12. The van der Waals surface area contributed by atoms with Crippen LogP contribution in [0.4, 0.5) is 0 Å². The van der Waals surface area contributed by atoms with Gasteiger partial charge in [-0.25, -0.2) is 0 Å². The number of rotatable bonds is 4. The minimum Gasteiger partial charge on any atom is -0.335 e. The first-order chi connectivity index (χ1) is 9.06. The lowest BCUT2D eigenvalue weighted by Crippen LogP contribution is -2.61. The lowest BCUT2D eigenvalue weighted by atomic mass is 10.1. The molecule has 0 radical (unpaired) electrons. The first-order valence-electron chi connectivity index (χ1n) is 6.64. The molecule has 0 spiro atoms. The molecule has 0 aromatic carbocycles. The van der Waals surface area contributed by atoms with Crippen LogP contribution in [0.2, 0.25) is 0 Å². The monoisotopic (exact) mass is 262 g/mol. The highest BCUT2D eigenvalue weighted by molar-refractivity contribution is 5.83. The number of aromatic nitrogens is 1. The van der Waals surface area contributed by atoms with Crippen molar-refractivity contribution in [2.24, 2.45) is 0 Å². The SMILES string of the molecule is CC1CN(Cc2ccncc2)C(=O)C(CN(C)C)N1. The summed E-state index contributed by atoms with van der Waals surface area (Å²) in [7, 11) is 3.98. The van der Waals surface area contributed by atoms with Crippen LogP contribution in [0.3, 0.4) is 0 Å². The summed E-state index contributed by atoms with van der Waals surface area (Å²) in [5, 5.41) is 3.37. The molecule has 19 heavy (non-hydrogen) atoms. The Kier molecular flexibility index (Phi) is 4.50. The first kappa shape index (κ1) is 14.0. The van der Waals surface area contributed by atoms with Crippen LogP contribution in [0, 0.1) is 0 Å². The predicted molar refractivity (Wildman–Crippen MR) is 74.6 cm³/mol. The second-order valence-electron chi connectivity index (χ2n) is 5.46. The highest BCUT2D eigenvalue weighted by atomic mass is 16.2. The largest absolute Gasteiger partial charge is 0.335 e. The van der Waals surface area contributed by atoms with Crippen LogP contribution in [0.5, 0.6) is 0 Å². The van der Waals surface area contributed by atoms with Gasteiger partial charge in [0, 0.05) is 38.1 Å². The third-order valence-electron chi connectivity index (χ3n) is 3.26. The number of nitrogens with zero attached hydrogens (tertiary/aromatic N) is 3. The highest BCUT2D eigenvalue weighted by Gasteiger charge is 2.31. The fourth-order valence-electron chi connectivity index (χ4n) is 2.46. The van der Waals surface area contributed by atoms with E-state index in [4.69, 9.17) is 0 Å². The molecule has 1 fully saturated rings. The topological polar surface area (TPSA) is 48.5 Å². The maximum Gasteiger partial charge on any atom is 0.241 e. The third-order valence-corrected chi connectivity index (χ3v) is 3.26. The molecule has 104 valence electrons. The molecule has 2 unspecified atom stereocenters. The van der Waals surface area contributed by atoms with Gasteiger partial charge in [-0.05, 0) is 38.7 Å². The standard InChI is InChI=1S/C14H22N4O/c1-11-8-18(9-12-4-6-15-7-5-12)14(19)13(16-11)10-17(2)3/h4-7,11,13,16H,8-10H2,1-3H3. The zero-order valence-corrected chi connectivity index (χ0v) is 11.8. The molecule has 0 aliphatic carbocycles. The van der Waals surface area contributed by atoms with E-state index in [1.165, 1.54) is 0 Å². The number of piperazine rings is 1. The van der Waals surface area contributed by atoms with E-state index in [1.54, 1.807) is 12.4 Å². The van der Waals surface area contributed by atoms with Crippen LogP contribution in [0.15, 0.2) is 24.5 Å². The minimum atomic E-state index is -0.111. The number of carbonyl (C=O) groups is 1. The van der Waals surface area contributed by atoms with Crippen LogP contribution in [-0.4, -0.2) is 60.0 Å². The Bertz CT molecular complexity index is 419. The van der Waals surface area contributed by atoms with Crippen molar-refractivity contribution >= 4 is 5.91 Å². The van der Waals surface area contributed by atoms with Gasteiger partial charge in [0.25, 0.3) is 0 Å². The van der Waals surface area contributed by atoms with Crippen molar-refractivity contribution in [3.63, 3.8) is 0 Å². The van der Waals surface area contributed by atoms with Crippen molar-refractivity contribution < 1.29 is 4.79 Å². The van der Waals surface area contributed by atoms with Crippen LogP contribution in [0.25, 0.3) is 0 Å². The fraction of sp³-hybridized carbons (Fsp3) is 0.571. The molecule has 5 nitrogen and oxygen atoms in total. The maximum absolute atomic E-state index is 12.4. The molecule has 1 aliphatic rings. The number of likely N-dealkylation sites (N-methyl/N-ethyl adjacent to an activating group) is 1. The van der Waals surface area contributed by atoms with Crippen molar-refractivity contribution in [1.29, 1.82) is 0 Å². The van der Waals surface area contributed by atoms with Gasteiger partial charge in [-0.1, -0.05) is 0 Å². The molecular weight excluding hydrogens is 240 g/mol. The predicted octanol–water partition coefficient (Wildman–Crippen LogP) is 0.332. The normalized spacial score (nSPS) is 24.0. The summed E-state index contributed by atoms with van der Waals surface area (Å²) in [5.41, 5.74) is 1.13. The molecule has 1 aliphatic heterocycles. The lowest BCUT2D eigenvalue weighted by molar-refractivity contribution is -0.137. The Morgan fingerprint density at radius 1 is 1.42 bits per heavy atom. The molecule has 1 aromatic rings. The molecule has 1 saturated heterocycles. The number of nitrogens with one attached hydrogen (secondary N) is 1. The van der Waals surface area contributed by atoms with Gasteiger partial charge in [0.15, 0.2) is 0 Å². The average molecular weight is 262 g/mol. The average Bonchev–Trinajstić information content (AvgIpc) is 2.35. The van der Waals surface area contributed by atoms with Gasteiger partial charge < -0.3 is 15.1 Å². The summed E-state index contributed by atoms with van der Waals surface area (Å²) in [5.74, 6) is 0.184. The molecule has 1 amide bonds. The van der Waals surface area contributed by atoms with E-state index in [0.29, 0.717) is 12.6 Å². The molecular formula is C14H22N4O. The Hall–Kier alpha value is -1.46. The summed E-state index contributed by atoms with van der Waals surface area (Å²) >= 11 is 0. The van der Waals surface area contributed by atoms with Gasteiger partial charge in [-0.15, -0.1) is 0 Å². The summed E-state index contributed by atoms with van der Waals surface area (Å²) in [6.45, 7) is 4.27. The van der Waals surface area contributed by atoms with Crippen molar-refractivity contribution in [3.05, 3.63) is 30.1 Å². The second-order valence-corrected chi connectivity index (χ2v) is 5.46. The van der Waals surface area contributed by atoms with E-state index in [9.17, 15) is 4.79 Å². The van der Waals surface area contributed by atoms with Crippen molar-refractivity contribution in [2.45, 2.75) is 25.6 Å². The van der Waals surface area contributed by atoms with E-state index in [1.807, 2.05) is 36.0 Å². The number of pyridine rings is 1. The van der Waals surface area contributed by atoms with Crippen LogP contribution in [0.1, 0.15) is 12.5 Å². The summed E-state index contributed by atoms with van der Waals surface area (Å²) in [4.78, 5) is 20.4. The van der Waals surface area contributed by atoms with Gasteiger partial charge in [-0.3, -0.25) is 9.78 Å². The van der Waals surface area contributed by atoms with Gasteiger partial charge in [0.1, 0.15) is 0 Å². The van der Waals surface area contributed by atoms with Gasteiger partial charge in [0.05, 0.1) is 6.04 Å². The quantitative estimate of drug-likeness (QED) is 0.849. The van der Waals surface area contributed by atoms with Crippen molar-refractivity contribution in [1.82, 2.24) is 20.1 Å². The smallest absolute Gasteiger partial charge is 0.241 e. The molecule has 2 atom stereocenters. The third kappa shape index (κ3) is 3.75. The Labute approximate surface area is 114 Å². The van der Waals surface area contributed by atoms with E-state index in [0.717, 1.165) is 18.7 Å². The molecule has 1 N–H and O–H groups in total. The fourth-order valence-corrected chi connectivity index (χ4v) is 2.46. The van der Waals surface area contributed by atoms with Crippen LogP contribution >= 0.6 is 0 Å². The van der Waals surface area contributed by atoms with E-state index in [-0.39, 0.29) is 11.9 Å². The number of hydrogen-bond acceptors (Lipinski definition) is 4. The van der Waals surface area contributed by atoms with E-state index < -0.39 is 0 Å². The number of carbonyl (C=O) groups excluding carboxylic acids is 1. The Morgan fingerprint density at radius 2 is 2.11 bits per heavy atom. The molecule has 0 saturated carbocycles. The molecule has 1 aromatic heterocycles. The number of hydrogen-bond donors (Lipinski definition) is 1. The highest BCUT2D eigenvalue weighted by Crippen LogP contribution is 2.11. The van der Waals surface area contributed by atoms with E-state index >= 15 is 0 Å². The molecule has 5 heteroatoms. The van der Waals surface area contributed by atoms with Gasteiger partial charge in [-0.2, -0.15) is 0 Å². The lowest BCUT2D eigenvalue weighted by Gasteiger charge is -2.38. The minimum absolute atomic E-state index is 0.111. The summed E-state index contributed by atoms with van der Waals surface area (Å²) < 4.78 is 0. The van der Waals surface area contributed by atoms with Crippen LogP contribution in [-0.2, 0) is 11.3 Å².